The largest absolute Gasteiger partial charge is 0.444 e. The molecule has 0 saturated carbocycles. The number of aromatic nitrogens is 4. The molecule has 4 aromatic rings. The summed E-state index contributed by atoms with van der Waals surface area (Å²) in [6.07, 6.45) is 3.79. The third kappa shape index (κ3) is 6.37. The highest BCUT2D eigenvalue weighted by Crippen LogP contribution is 2.31. The molecule has 40 heavy (non-hydrogen) atoms. The van der Waals surface area contributed by atoms with Gasteiger partial charge in [-0.3, -0.25) is 9.69 Å². The van der Waals surface area contributed by atoms with Crippen molar-refractivity contribution in [1.29, 1.82) is 0 Å². The molecule has 210 valence electrons. The van der Waals surface area contributed by atoms with Crippen molar-refractivity contribution in [2.45, 2.75) is 51.5 Å². The van der Waals surface area contributed by atoms with Gasteiger partial charge in [0.25, 0.3) is 0 Å². The zero-order valence-electron chi connectivity index (χ0n) is 22.3. The van der Waals surface area contributed by atoms with Crippen LogP contribution in [0.5, 0.6) is 0 Å². The number of halogens is 1. The first-order valence-corrected chi connectivity index (χ1v) is 13.6. The first kappa shape index (κ1) is 27.5. The normalized spacial score (nSPS) is 17.3. The van der Waals surface area contributed by atoms with E-state index < -0.39 is 23.8 Å². The summed E-state index contributed by atoms with van der Waals surface area (Å²) in [7, 11) is 0. The lowest BCUT2D eigenvalue weighted by molar-refractivity contribution is -0.125. The molecule has 1 saturated heterocycles. The maximum absolute atomic E-state index is 13.2. The number of amides is 2. The van der Waals surface area contributed by atoms with Gasteiger partial charge in [0.1, 0.15) is 28.8 Å². The van der Waals surface area contributed by atoms with Crippen LogP contribution in [-0.2, 0) is 16.1 Å². The minimum absolute atomic E-state index is 0.0480. The van der Waals surface area contributed by atoms with Crippen molar-refractivity contribution in [3.05, 3.63) is 54.9 Å². The molecule has 4 heterocycles. The van der Waals surface area contributed by atoms with Crippen LogP contribution in [0.1, 0.15) is 27.2 Å². The molecule has 1 aromatic carbocycles. The van der Waals surface area contributed by atoms with E-state index in [1.807, 2.05) is 10.6 Å². The fourth-order valence-electron chi connectivity index (χ4n) is 4.40. The van der Waals surface area contributed by atoms with Gasteiger partial charge in [0.05, 0.1) is 35.6 Å². The number of imidazole rings is 1. The summed E-state index contributed by atoms with van der Waals surface area (Å²) in [6.45, 7) is 6.02. The number of ether oxygens (including phenoxy) is 1. The quantitative estimate of drug-likeness (QED) is 0.306. The van der Waals surface area contributed by atoms with Crippen LogP contribution in [0.3, 0.4) is 0 Å². The molecular weight excluding hydrogens is 537 g/mol. The van der Waals surface area contributed by atoms with Crippen LogP contribution in [0.2, 0.25) is 0 Å². The number of pyridine rings is 1. The summed E-state index contributed by atoms with van der Waals surface area (Å²) in [6, 6.07) is 7.28. The maximum Gasteiger partial charge on any atom is 0.411 e. The Morgan fingerprint density at radius 2 is 1.95 bits per heavy atom. The highest BCUT2D eigenvalue weighted by atomic mass is 32.1. The van der Waals surface area contributed by atoms with Gasteiger partial charge in [-0.2, -0.15) is 0 Å². The maximum atomic E-state index is 13.2. The van der Waals surface area contributed by atoms with Crippen molar-refractivity contribution in [1.82, 2.24) is 29.7 Å². The monoisotopic (exact) mass is 567 g/mol. The fraction of sp³-hybridized carbons (Fsp3) is 0.370. The predicted molar refractivity (Wildman–Crippen MR) is 149 cm³/mol. The van der Waals surface area contributed by atoms with Crippen LogP contribution < -0.4 is 10.6 Å². The molecule has 0 unspecified atom stereocenters. The second-order valence-corrected chi connectivity index (χ2v) is 11.5. The van der Waals surface area contributed by atoms with Gasteiger partial charge in [0.2, 0.25) is 5.91 Å². The van der Waals surface area contributed by atoms with Crippen LogP contribution in [0.4, 0.5) is 20.1 Å². The minimum atomic E-state index is -0.803. The lowest BCUT2D eigenvalue weighted by Crippen LogP contribution is -2.48. The topological polar surface area (TPSA) is 134 Å². The number of carbonyl (C=O) groups excluding carboxylic acids is 2. The predicted octanol–water partition coefficient (Wildman–Crippen LogP) is 3.92. The first-order chi connectivity index (χ1) is 19.1. The van der Waals surface area contributed by atoms with Crippen LogP contribution in [0, 0.1) is 5.82 Å². The molecule has 3 N–H and O–H groups in total. The Morgan fingerprint density at radius 1 is 1.18 bits per heavy atom. The van der Waals surface area contributed by atoms with Crippen molar-refractivity contribution >= 4 is 45.3 Å². The van der Waals surface area contributed by atoms with Crippen LogP contribution >= 0.6 is 11.3 Å². The molecule has 2 atom stereocenters. The van der Waals surface area contributed by atoms with Crippen LogP contribution in [0.25, 0.3) is 21.5 Å². The third-order valence-corrected chi connectivity index (χ3v) is 7.20. The van der Waals surface area contributed by atoms with Crippen LogP contribution in [-0.4, -0.2) is 72.4 Å². The number of anilines is 2. The van der Waals surface area contributed by atoms with E-state index in [1.165, 1.54) is 28.4 Å². The van der Waals surface area contributed by atoms with E-state index in [4.69, 9.17) is 4.74 Å². The number of aliphatic hydroxyl groups is 1. The number of hydrogen-bond donors (Lipinski definition) is 3. The molecular formula is C27H30FN7O4S. The average Bonchev–Trinajstić information content (AvgIpc) is 3.62. The van der Waals surface area contributed by atoms with E-state index in [2.05, 4.69) is 25.6 Å². The fourth-order valence-corrected chi connectivity index (χ4v) is 5.23. The highest BCUT2D eigenvalue weighted by molar-refractivity contribution is 7.18. The van der Waals surface area contributed by atoms with Gasteiger partial charge in [-0.25, -0.2) is 24.1 Å². The van der Waals surface area contributed by atoms with Crippen LogP contribution in [0.15, 0.2) is 49.1 Å². The lowest BCUT2D eigenvalue weighted by Gasteiger charge is -2.27. The van der Waals surface area contributed by atoms with Gasteiger partial charge >= 0.3 is 6.09 Å². The smallest absolute Gasteiger partial charge is 0.411 e. The summed E-state index contributed by atoms with van der Waals surface area (Å²) in [5, 5.41) is 16.8. The number of rotatable bonds is 7. The average molecular weight is 568 g/mol. The Morgan fingerprint density at radius 3 is 2.70 bits per heavy atom. The summed E-state index contributed by atoms with van der Waals surface area (Å²) in [5.74, 6) is -0.0665. The SMILES string of the molecule is CC(C)(C)OC(=O)N1C[C@@H](O)C[C@H]1C(=O)NCCn1cnc2cnc(Nc3ncc(-c4ccc(F)cc4)s3)cc21. The number of carbonyl (C=O) groups is 2. The summed E-state index contributed by atoms with van der Waals surface area (Å²) >= 11 is 1.42. The van der Waals surface area contributed by atoms with Crippen molar-refractivity contribution in [3.63, 3.8) is 0 Å². The van der Waals surface area contributed by atoms with Gasteiger partial charge in [-0.1, -0.05) is 23.5 Å². The van der Waals surface area contributed by atoms with Crippen molar-refractivity contribution in [2.24, 2.45) is 0 Å². The van der Waals surface area contributed by atoms with E-state index in [9.17, 15) is 19.1 Å². The molecule has 0 spiro atoms. The Bertz CT molecular complexity index is 1520. The molecule has 1 fully saturated rings. The first-order valence-electron chi connectivity index (χ1n) is 12.8. The third-order valence-electron chi connectivity index (χ3n) is 6.24. The number of likely N-dealkylation sites (tertiary alicyclic amines) is 1. The number of thiazole rings is 1. The Hall–Kier alpha value is -4.10. The number of aliphatic hydroxyl groups excluding tert-OH is 1. The number of benzene rings is 1. The Balaban J connectivity index is 1.21. The lowest BCUT2D eigenvalue weighted by atomic mass is 10.2. The molecule has 1 aliphatic rings. The highest BCUT2D eigenvalue weighted by Gasteiger charge is 2.40. The van der Waals surface area contributed by atoms with Crippen molar-refractivity contribution in [2.75, 3.05) is 18.4 Å². The number of nitrogens with one attached hydrogen (secondary N) is 2. The van der Waals surface area contributed by atoms with Gasteiger partial charge in [-0.05, 0) is 38.5 Å². The second kappa shape index (κ2) is 11.2. The molecule has 0 bridgehead atoms. The Labute approximate surface area is 234 Å². The van der Waals surface area contributed by atoms with Gasteiger partial charge in [0.15, 0.2) is 5.13 Å². The number of nitrogens with zero attached hydrogens (tertiary/aromatic N) is 5. The number of fused-ring (bicyclic) bond motifs is 1. The number of β-amino-alcohol motifs (C(OH)–C–C–N with tert-alkyl or cyclic N) is 1. The summed E-state index contributed by atoms with van der Waals surface area (Å²) in [4.78, 5) is 40.8. The molecule has 1 aliphatic heterocycles. The van der Waals surface area contributed by atoms with Gasteiger partial charge in [-0.15, -0.1) is 0 Å². The molecule has 2 amide bonds. The van der Waals surface area contributed by atoms with E-state index in [1.54, 1.807) is 51.6 Å². The van der Waals surface area contributed by atoms with E-state index in [-0.39, 0.29) is 31.2 Å². The van der Waals surface area contributed by atoms with Crippen molar-refractivity contribution < 1.29 is 23.8 Å². The summed E-state index contributed by atoms with van der Waals surface area (Å²) in [5.41, 5.74) is 1.67. The molecule has 11 nitrogen and oxygen atoms in total. The van der Waals surface area contributed by atoms with E-state index >= 15 is 0 Å². The van der Waals surface area contributed by atoms with E-state index in [0.29, 0.717) is 23.0 Å². The zero-order chi connectivity index (χ0) is 28.4. The zero-order valence-corrected chi connectivity index (χ0v) is 23.1. The standard InChI is InChI=1S/C27H30FN7O4S/c1-27(2,3)39-26(38)35-14-18(36)10-21(35)24(37)29-8-9-34-15-32-19-12-30-23(11-20(19)34)33-25-31-13-22(40-25)16-4-6-17(28)7-5-16/h4-7,11-13,15,18,21,36H,8-10,14H2,1-3H3,(H,29,37)(H,30,31,33)/t18-,21-/m0/s1. The van der Waals surface area contributed by atoms with Crippen molar-refractivity contribution in [3.8, 4) is 10.4 Å². The molecule has 0 aliphatic carbocycles. The summed E-state index contributed by atoms with van der Waals surface area (Å²) < 4.78 is 20.5. The molecule has 0 radical (unpaired) electrons. The van der Waals surface area contributed by atoms with Gasteiger partial charge < -0.3 is 25.0 Å². The minimum Gasteiger partial charge on any atom is -0.444 e. The second-order valence-electron chi connectivity index (χ2n) is 10.5. The number of hydrogen-bond acceptors (Lipinski definition) is 9. The van der Waals surface area contributed by atoms with Gasteiger partial charge in [0, 0.05) is 31.8 Å². The van der Waals surface area contributed by atoms with E-state index in [0.717, 1.165) is 16.0 Å². The molecule has 13 heteroatoms. The molecule has 5 rings (SSSR count). The Kier molecular flexibility index (Phi) is 7.68. The molecule has 3 aromatic heterocycles.